The summed E-state index contributed by atoms with van der Waals surface area (Å²) in [6.45, 7) is 0. The minimum atomic E-state index is -3.50. The molecule has 0 saturated carbocycles. The van der Waals surface area contributed by atoms with Crippen LogP contribution < -0.4 is 0 Å². The summed E-state index contributed by atoms with van der Waals surface area (Å²) in [6.07, 6.45) is 0. The standard InChI is InChI=1S/C3H6N4O6/c1-4(2)3(5(8)9,6(10)11)7(12)13/h1-2H3. The maximum atomic E-state index is 10.2. The Hall–Kier alpha value is -1.84. The van der Waals surface area contributed by atoms with Crippen molar-refractivity contribution in [2.75, 3.05) is 14.1 Å². The van der Waals surface area contributed by atoms with Gasteiger partial charge >= 0.3 is 5.91 Å². The summed E-state index contributed by atoms with van der Waals surface area (Å²) in [5.74, 6) is -3.50. The molecule has 10 nitrogen and oxygen atoms in total. The van der Waals surface area contributed by atoms with Crippen molar-refractivity contribution < 1.29 is 14.8 Å². The van der Waals surface area contributed by atoms with Crippen molar-refractivity contribution in [2.24, 2.45) is 0 Å². The lowest BCUT2D eigenvalue weighted by Gasteiger charge is -2.12. The Labute approximate surface area is 71.2 Å². The van der Waals surface area contributed by atoms with Crippen molar-refractivity contribution in [1.82, 2.24) is 4.90 Å². The summed E-state index contributed by atoms with van der Waals surface area (Å²) in [7, 11) is 1.77. The first-order valence-corrected chi connectivity index (χ1v) is 2.88. The Kier molecular flexibility index (Phi) is 2.80. The zero-order valence-corrected chi connectivity index (χ0v) is 6.74. The molecule has 0 unspecified atom stereocenters. The highest BCUT2D eigenvalue weighted by Crippen LogP contribution is 2.14. The molecular formula is C3H6N4O6. The lowest BCUT2D eigenvalue weighted by atomic mass is 10.6. The van der Waals surface area contributed by atoms with Crippen LogP contribution >= 0.6 is 0 Å². The van der Waals surface area contributed by atoms with Crippen LogP contribution in [-0.4, -0.2) is 39.7 Å². The molecule has 0 rings (SSSR count). The van der Waals surface area contributed by atoms with Gasteiger partial charge < -0.3 is 0 Å². The van der Waals surface area contributed by atoms with E-state index in [-0.39, 0.29) is 0 Å². The Morgan fingerprint density at radius 3 is 1.15 bits per heavy atom. The normalized spacial score (nSPS) is 11.3. The number of nitro groups is 3. The Morgan fingerprint density at radius 1 is 0.923 bits per heavy atom. The fourth-order valence-corrected chi connectivity index (χ4v) is 0.690. The predicted octanol–water partition coefficient (Wildman–Crippen LogP) is -1.01. The van der Waals surface area contributed by atoms with Crippen LogP contribution in [0, 0.1) is 30.3 Å². The summed E-state index contributed by atoms with van der Waals surface area (Å²) in [4.78, 5) is 26.3. The highest BCUT2D eigenvalue weighted by atomic mass is 16.7. The van der Waals surface area contributed by atoms with Crippen LogP contribution in [0.2, 0.25) is 0 Å². The second-order valence-corrected chi connectivity index (χ2v) is 2.27. The van der Waals surface area contributed by atoms with E-state index in [0.29, 0.717) is 4.90 Å². The van der Waals surface area contributed by atoms with E-state index in [1.54, 1.807) is 0 Å². The average Bonchev–Trinajstić information content (AvgIpc) is 1.82. The molecule has 0 amide bonds. The van der Waals surface area contributed by atoms with Crippen molar-refractivity contribution in [1.29, 1.82) is 0 Å². The highest BCUT2D eigenvalue weighted by Gasteiger charge is 2.73. The summed E-state index contributed by atoms with van der Waals surface area (Å²) in [6, 6.07) is 0. The Balaban J connectivity index is 5.46. The van der Waals surface area contributed by atoms with Crippen LogP contribution in [0.3, 0.4) is 0 Å². The Morgan fingerprint density at radius 2 is 1.15 bits per heavy atom. The van der Waals surface area contributed by atoms with Gasteiger partial charge in [-0.2, -0.15) is 0 Å². The van der Waals surface area contributed by atoms with Gasteiger partial charge in [0, 0.05) is 14.1 Å². The molecule has 0 saturated heterocycles. The van der Waals surface area contributed by atoms with Crippen LogP contribution in [0.15, 0.2) is 0 Å². The minimum Gasteiger partial charge on any atom is -0.251 e. The van der Waals surface area contributed by atoms with Crippen LogP contribution in [-0.2, 0) is 0 Å². The molecule has 0 aliphatic heterocycles. The first-order chi connectivity index (χ1) is 5.77. The van der Waals surface area contributed by atoms with E-state index < -0.39 is 20.7 Å². The lowest BCUT2D eigenvalue weighted by Crippen LogP contribution is -2.62. The Bertz CT molecular complexity index is 225. The quantitative estimate of drug-likeness (QED) is 0.318. The van der Waals surface area contributed by atoms with Gasteiger partial charge in [0.15, 0.2) is 14.8 Å². The van der Waals surface area contributed by atoms with Crippen LogP contribution in [0.4, 0.5) is 0 Å². The van der Waals surface area contributed by atoms with Gasteiger partial charge in [0.1, 0.15) is 0 Å². The largest absolute Gasteiger partial charge is 0.778 e. The van der Waals surface area contributed by atoms with Crippen molar-refractivity contribution in [3.63, 3.8) is 0 Å². The molecule has 0 radical (unpaired) electrons. The molecule has 0 fully saturated rings. The average molecular weight is 194 g/mol. The third-order valence-electron chi connectivity index (χ3n) is 1.33. The number of nitrogens with zero attached hydrogens (tertiary/aromatic N) is 4. The van der Waals surface area contributed by atoms with Crippen molar-refractivity contribution >= 4 is 0 Å². The number of hydrogen-bond acceptors (Lipinski definition) is 7. The molecule has 0 aromatic carbocycles. The maximum absolute atomic E-state index is 10.2. The van der Waals surface area contributed by atoms with Crippen LogP contribution in [0.25, 0.3) is 0 Å². The first kappa shape index (κ1) is 11.2. The van der Waals surface area contributed by atoms with Gasteiger partial charge in [-0.25, -0.2) is 0 Å². The predicted molar refractivity (Wildman–Crippen MR) is 37.4 cm³/mol. The SMILES string of the molecule is CN(C)C([N+](=O)[O-])([N+](=O)[O-])[N+](=O)[O-]. The van der Waals surface area contributed by atoms with Gasteiger partial charge in [-0.05, 0) is 0 Å². The third-order valence-corrected chi connectivity index (χ3v) is 1.33. The van der Waals surface area contributed by atoms with E-state index in [4.69, 9.17) is 0 Å². The first-order valence-electron chi connectivity index (χ1n) is 2.88. The summed E-state index contributed by atoms with van der Waals surface area (Å²) in [5.41, 5.74) is 0. The van der Waals surface area contributed by atoms with Gasteiger partial charge in [0.05, 0.1) is 0 Å². The topological polar surface area (TPSA) is 133 Å². The molecule has 0 heterocycles. The molecule has 10 heteroatoms. The molecule has 0 spiro atoms. The fourth-order valence-electron chi connectivity index (χ4n) is 0.690. The van der Waals surface area contributed by atoms with Crippen molar-refractivity contribution in [2.45, 2.75) is 5.91 Å². The monoisotopic (exact) mass is 194 g/mol. The maximum Gasteiger partial charge on any atom is 0.778 e. The zero-order chi connectivity index (χ0) is 10.8. The molecule has 0 aromatic rings. The van der Waals surface area contributed by atoms with E-state index in [2.05, 4.69) is 0 Å². The second-order valence-electron chi connectivity index (χ2n) is 2.27. The van der Waals surface area contributed by atoms with Gasteiger partial charge in [-0.15, -0.1) is 4.90 Å². The van der Waals surface area contributed by atoms with Gasteiger partial charge in [0.25, 0.3) is 0 Å². The molecule has 0 aliphatic carbocycles. The van der Waals surface area contributed by atoms with Crippen molar-refractivity contribution in [3.05, 3.63) is 30.3 Å². The lowest BCUT2D eigenvalue weighted by molar-refractivity contribution is -0.994. The smallest absolute Gasteiger partial charge is 0.251 e. The van der Waals surface area contributed by atoms with E-state index in [1.165, 1.54) is 0 Å². The van der Waals surface area contributed by atoms with E-state index in [9.17, 15) is 30.3 Å². The summed E-state index contributed by atoms with van der Waals surface area (Å²) >= 11 is 0. The molecule has 0 atom stereocenters. The van der Waals surface area contributed by atoms with Gasteiger partial charge in [-0.3, -0.25) is 30.3 Å². The van der Waals surface area contributed by atoms with E-state index in [0.717, 1.165) is 14.1 Å². The molecular weight excluding hydrogens is 188 g/mol. The fraction of sp³-hybridized carbons (Fsp3) is 1.00. The molecule has 13 heavy (non-hydrogen) atoms. The second kappa shape index (κ2) is 3.26. The van der Waals surface area contributed by atoms with Gasteiger partial charge in [0.2, 0.25) is 0 Å². The molecule has 0 bridgehead atoms. The molecule has 0 N–H and O–H groups in total. The number of rotatable bonds is 4. The van der Waals surface area contributed by atoms with Crippen LogP contribution in [0.5, 0.6) is 0 Å². The van der Waals surface area contributed by atoms with E-state index >= 15 is 0 Å². The third kappa shape index (κ3) is 1.38. The van der Waals surface area contributed by atoms with Crippen LogP contribution in [0.1, 0.15) is 0 Å². The molecule has 74 valence electrons. The highest BCUT2D eigenvalue weighted by molar-refractivity contribution is 4.48. The zero-order valence-electron chi connectivity index (χ0n) is 6.74. The minimum absolute atomic E-state index is 0.312. The number of hydrogen-bond donors (Lipinski definition) is 0. The summed E-state index contributed by atoms with van der Waals surface area (Å²) < 4.78 is 0. The summed E-state index contributed by atoms with van der Waals surface area (Å²) in [5, 5.41) is 30.7. The van der Waals surface area contributed by atoms with Crippen molar-refractivity contribution in [3.8, 4) is 0 Å². The molecule has 0 aliphatic rings. The van der Waals surface area contributed by atoms with E-state index in [1.807, 2.05) is 0 Å². The molecule has 0 aromatic heterocycles. The van der Waals surface area contributed by atoms with Gasteiger partial charge in [-0.1, -0.05) is 0 Å².